The molecule has 0 aromatic rings. The molecular formula is C12H19NO5. The molecule has 6 heteroatoms. The van der Waals surface area contributed by atoms with Crippen LogP contribution in [0.15, 0.2) is 0 Å². The lowest BCUT2D eigenvalue weighted by atomic mass is 9.90. The average Bonchev–Trinajstić information content (AvgIpc) is 2.55. The van der Waals surface area contributed by atoms with Crippen LogP contribution < -0.4 is 0 Å². The number of carbonyl (C=O) groups is 3. The second-order valence-electron chi connectivity index (χ2n) is 5.94. The minimum Gasteiger partial charge on any atom is -0.480 e. The first-order valence-electron chi connectivity index (χ1n) is 5.77. The minimum atomic E-state index is -1.12. The van der Waals surface area contributed by atoms with Crippen LogP contribution in [0.3, 0.4) is 0 Å². The van der Waals surface area contributed by atoms with Gasteiger partial charge in [-0.05, 0) is 27.2 Å². The molecule has 1 fully saturated rings. The molecule has 102 valence electrons. The molecule has 1 saturated heterocycles. The number of hydrogen-bond acceptors (Lipinski definition) is 4. The number of rotatable bonds is 2. The van der Waals surface area contributed by atoms with Crippen molar-refractivity contribution in [3.05, 3.63) is 0 Å². The van der Waals surface area contributed by atoms with Crippen LogP contribution in [-0.4, -0.2) is 46.5 Å². The van der Waals surface area contributed by atoms with E-state index in [1.807, 2.05) is 0 Å². The first kappa shape index (κ1) is 14.5. The summed E-state index contributed by atoms with van der Waals surface area (Å²) in [6, 6.07) is -1.00. The van der Waals surface area contributed by atoms with Crippen molar-refractivity contribution in [3.8, 4) is 0 Å². The van der Waals surface area contributed by atoms with Gasteiger partial charge in [0.15, 0.2) is 0 Å². The number of carbonyl (C=O) groups excluding carboxylic acids is 2. The van der Waals surface area contributed by atoms with Crippen molar-refractivity contribution >= 4 is 18.3 Å². The molecule has 0 saturated carbocycles. The number of likely N-dealkylation sites (tertiary alicyclic amines) is 1. The number of nitrogens with zero attached hydrogens (tertiary/aromatic N) is 1. The fourth-order valence-corrected chi connectivity index (χ4v) is 1.93. The van der Waals surface area contributed by atoms with Crippen LogP contribution in [-0.2, 0) is 14.3 Å². The van der Waals surface area contributed by atoms with Crippen LogP contribution in [0.25, 0.3) is 0 Å². The number of carboxylic acid groups (broad SMARTS) is 1. The maximum atomic E-state index is 11.9. The number of carboxylic acids is 1. The van der Waals surface area contributed by atoms with Gasteiger partial charge in [0, 0.05) is 12.0 Å². The molecule has 0 spiro atoms. The van der Waals surface area contributed by atoms with Gasteiger partial charge < -0.3 is 14.6 Å². The number of amides is 1. The quantitative estimate of drug-likeness (QED) is 0.753. The van der Waals surface area contributed by atoms with E-state index in [0.717, 1.165) is 4.90 Å². The summed E-state index contributed by atoms with van der Waals surface area (Å²) in [4.78, 5) is 35.1. The summed E-state index contributed by atoms with van der Waals surface area (Å²) in [6.07, 6.45) is 0.124. The average molecular weight is 257 g/mol. The normalized spacial score (nSPS) is 28.0. The number of aliphatic carboxylic acids is 1. The van der Waals surface area contributed by atoms with E-state index in [0.29, 0.717) is 6.29 Å². The van der Waals surface area contributed by atoms with E-state index in [1.165, 1.54) is 0 Å². The number of hydrogen-bond donors (Lipinski definition) is 1. The molecule has 1 aliphatic rings. The second kappa shape index (κ2) is 4.59. The topological polar surface area (TPSA) is 83.9 Å². The second-order valence-corrected chi connectivity index (χ2v) is 5.94. The zero-order valence-corrected chi connectivity index (χ0v) is 11.1. The molecule has 1 N–H and O–H groups in total. The van der Waals surface area contributed by atoms with Crippen molar-refractivity contribution in [2.45, 2.75) is 45.8 Å². The van der Waals surface area contributed by atoms with Crippen LogP contribution in [0.5, 0.6) is 0 Å². The summed E-state index contributed by atoms with van der Waals surface area (Å²) < 4.78 is 5.15. The van der Waals surface area contributed by atoms with Crippen molar-refractivity contribution < 1.29 is 24.2 Å². The Morgan fingerprint density at radius 1 is 1.44 bits per heavy atom. The molecule has 0 unspecified atom stereocenters. The molecule has 0 aliphatic carbocycles. The molecule has 18 heavy (non-hydrogen) atoms. The highest BCUT2D eigenvalue weighted by Gasteiger charge is 2.47. The van der Waals surface area contributed by atoms with Gasteiger partial charge in [0.2, 0.25) is 0 Å². The monoisotopic (exact) mass is 257 g/mol. The summed E-state index contributed by atoms with van der Waals surface area (Å²) in [7, 11) is 0. The Morgan fingerprint density at radius 3 is 2.39 bits per heavy atom. The molecule has 0 aromatic heterocycles. The Bertz CT molecular complexity index is 373. The van der Waals surface area contributed by atoms with Gasteiger partial charge in [0.1, 0.15) is 17.9 Å². The van der Waals surface area contributed by atoms with Crippen LogP contribution in [0.2, 0.25) is 0 Å². The predicted molar refractivity (Wildman–Crippen MR) is 63.2 cm³/mol. The molecule has 0 aromatic carbocycles. The van der Waals surface area contributed by atoms with Crippen molar-refractivity contribution in [1.82, 2.24) is 4.90 Å². The first-order chi connectivity index (χ1) is 8.08. The molecule has 0 bridgehead atoms. The van der Waals surface area contributed by atoms with Gasteiger partial charge in [0.25, 0.3) is 0 Å². The van der Waals surface area contributed by atoms with Crippen molar-refractivity contribution in [2.75, 3.05) is 6.54 Å². The van der Waals surface area contributed by atoms with E-state index in [9.17, 15) is 14.4 Å². The molecule has 0 radical (unpaired) electrons. The molecule has 1 rings (SSSR count). The molecular weight excluding hydrogens is 238 g/mol. The third kappa shape index (κ3) is 3.21. The summed E-state index contributed by atoms with van der Waals surface area (Å²) in [6.45, 7) is 6.82. The predicted octanol–water partition coefficient (Wildman–Crippen LogP) is 1.29. The third-order valence-corrected chi connectivity index (χ3v) is 2.77. The standard InChI is InChI=1S/C12H19NO5/c1-11(2,3)18-10(17)13-6-12(4,7-14)5-8(13)9(15)16/h7-8H,5-6H2,1-4H3,(H,15,16)/t8-,12-/m1/s1. The first-order valence-corrected chi connectivity index (χ1v) is 5.77. The molecule has 1 aliphatic heterocycles. The largest absolute Gasteiger partial charge is 0.480 e. The fraction of sp³-hybridized carbons (Fsp3) is 0.750. The highest BCUT2D eigenvalue weighted by molar-refractivity contribution is 5.82. The Morgan fingerprint density at radius 2 is 2.00 bits per heavy atom. The Balaban J connectivity index is 2.89. The summed E-state index contributed by atoms with van der Waals surface area (Å²) >= 11 is 0. The number of ether oxygens (including phenoxy) is 1. The molecule has 1 amide bonds. The van der Waals surface area contributed by atoms with E-state index < -0.39 is 29.1 Å². The molecule has 2 atom stereocenters. The lowest BCUT2D eigenvalue weighted by molar-refractivity contribution is -0.142. The lowest BCUT2D eigenvalue weighted by Crippen LogP contribution is -2.43. The minimum absolute atomic E-state index is 0.0718. The van der Waals surface area contributed by atoms with E-state index >= 15 is 0 Å². The highest BCUT2D eigenvalue weighted by Crippen LogP contribution is 2.33. The zero-order chi connectivity index (χ0) is 14.1. The Hall–Kier alpha value is -1.59. The van der Waals surface area contributed by atoms with Crippen LogP contribution in [0.4, 0.5) is 4.79 Å². The van der Waals surface area contributed by atoms with Gasteiger partial charge in [-0.15, -0.1) is 0 Å². The van der Waals surface area contributed by atoms with Crippen molar-refractivity contribution in [3.63, 3.8) is 0 Å². The maximum Gasteiger partial charge on any atom is 0.411 e. The molecule has 6 nitrogen and oxygen atoms in total. The van der Waals surface area contributed by atoms with Crippen LogP contribution >= 0.6 is 0 Å². The Labute approximate surface area is 106 Å². The van der Waals surface area contributed by atoms with Crippen LogP contribution in [0, 0.1) is 5.41 Å². The summed E-state index contributed by atoms with van der Waals surface area (Å²) in [5.41, 5.74) is -1.51. The van der Waals surface area contributed by atoms with Gasteiger partial charge in [-0.3, -0.25) is 4.90 Å². The summed E-state index contributed by atoms with van der Waals surface area (Å²) in [5, 5.41) is 9.09. The SMILES string of the molecule is CC(C)(C)OC(=O)N1C[C@](C)(C=O)C[C@@H]1C(=O)O. The van der Waals surface area contributed by atoms with E-state index in [-0.39, 0.29) is 13.0 Å². The van der Waals surface area contributed by atoms with Gasteiger partial charge in [0.05, 0.1) is 0 Å². The van der Waals surface area contributed by atoms with E-state index in [1.54, 1.807) is 27.7 Å². The van der Waals surface area contributed by atoms with E-state index in [4.69, 9.17) is 9.84 Å². The summed E-state index contributed by atoms with van der Waals surface area (Å²) in [5.74, 6) is -1.12. The third-order valence-electron chi connectivity index (χ3n) is 2.77. The fourth-order valence-electron chi connectivity index (χ4n) is 1.93. The van der Waals surface area contributed by atoms with Crippen molar-refractivity contribution in [2.24, 2.45) is 5.41 Å². The Kier molecular flexibility index (Phi) is 3.69. The van der Waals surface area contributed by atoms with Crippen molar-refractivity contribution in [1.29, 1.82) is 0 Å². The molecule has 1 heterocycles. The highest BCUT2D eigenvalue weighted by atomic mass is 16.6. The van der Waals surface area contributed by atoms with Crippen LogP contribution in [0.1, 0.15) is 34.1 Å². The van der Waals surface area contributed by atoms with Gasteiger partial charge in [-0.2, -0.15) is 0 Å². The number of aldehydes is 1. The smallest absolute Gasteiger partial charge is 0.411 e. The lowest BCUT2D eigenvalue weighted by Gasteiger charge is -2.27. The van der Waals surface area contributed by atoms with Gasteiger partial charge in [-0.25, -0.2) is 9.59 Å². The maximum absolute atomic E-state index is 11.9. The van der Waals surface area contributed by atoms with Gasteiger partial charge >= 0.3 is 12.1 Å². The van der Waals surface area contributed by atoms with Gasteiger partial charge in [-0.1, -0.05) is 6.92 Å². The van der Waals surface area contributed by atoms with E-state index in [2.05, 4.69) is 0 Å². The zero-order valence-electron chi connectivity index (χ0n) is 11.1.